The Morgan fingerprint density at radius 2 is 2.13 bits per heavy atom. The number of fused-ring (bicyclic) bond motifs is 1. The number of nitrogens with zero attached hydrogens (tertiary/aromatic N) is 4. The third-order valence-corrected chi connectivity index (χ3v) is 5.34. The molecule has 10 heteroatoms. The summed E-state index contributed by atoms with van der Waals surface area (Å²) < 4.78 is 14.1. The van der Waals surface area contributed by atoms with Gasteiger partial charge in [-0.2, -0.15) is 5.10 Å². The molecule has 1 saturated carbocycles. The van der Waals surface area contributed by atoms with Gasteiger partial charge in [-0.05, 0) is 36.6 Å². The minimum absolute atomic E-state index is 0.0868. The van der Waals surface area contributed by atoms with E-state index in [4.69, 9.17) is 5.41 Å². The van der Waals surface area contributed by atoms with E-state index in [-0.39, 0.29) is 18.0 Å². The Labute approximate surface area is 178 Å². The highest BCUT2D eigenvalue weighted by Crippen LogP contribution is 2.33. The summed E-state index contributed by atoms with van der Waals surface area (Å²) in [7, 11) is 1.60. The Kier molecular flexibility index (Phi) is 5.96. The molecular formula is C21H23FN8O. The van der Waals surface area contributed by atoms with Gasteiger partial charge in [-0.1, -0.05) is 12.8 Å². The number of nitrogens with one attached hydrogen (secondary N) is 4. The lowest BCUT2D eigenvalue weighted by Crippen LogP contribution is -2.24. The molecule has 2 aromatic heterocycles. The smallest absolute Gasteiger partial charge is 0.272 e. The van der Waals surface area contributed by atoms with Crippen LogP contribution in [0.5, 0.6) is 0 Å². The van der Waals surface area contributed by atoms with Gasteiger partial charge in [0, 0.05) is 31.3 Å². The van der Waals surface area contributed by atoms with Crippen molar-refractivity contribution in [1.29, 1.82) is 5.41 Å². The molecule has 4 N–H and O–H groups in total. The molecule has 0 spiro atoms. The number of halogens is 1. The van der Waals surface area contributed by atoms with Gasteiger partial charge in [-0.25, -0.2) is 19.3 Å². The van der Waals surface area contributed by atoms with Crippen molar-refractivity contribution in [3.05, 3.63) is 53.0 Å². The molecule has 1 aliphatic rings. The molecular weight excluding hydrogens is 399 g/mol. The maximum atomic E-state index is 14.1. The highest BCUT2D eigenvalue weighted by atomic mass is 19.1. The van der Waals surface area contributed by atoms with Gasteiger partial charge in [0.2, 0.25) is 0 Å². The number of hydrogen-bond acceptors (Lipinski definition) is 7. The van der Waals surface area contributed by atoms with Crippen LogP contribution < -0.4 is 10.7 Å². The Balaban J connectivity index is 1.54. The van der Waals surface area contributed by atoms with Crippen LogP contribution in [0.15, 0.2) is 29.6 Å². The second kappa shape index (κ2) is 8.99. The first kappa shape index (κ1) is 20.6. The summed E-state index contributed by atoms with van der Waals surface area (Å²) in [4.78, 5) is 28.9. The second-order valence-electron chi connectivity index (χ2n) is 7.42. The van der Waals surface area contributed by atoms with Gasteiger partial charge in [0.05, 0.1) is 0 Å². The molecule has 0 unspecified atom stereocenters. The van der Waals surface area contributed by atoms with Crippen LogP contribution in [0, 0.1) is 11.2 Å². The standard InChI is InChI=1S/C21H23FN8O/c1-24-30-16(9-23)14-6-12(7-15(22)8-14)10-25-21(31)18-17-20(27-11-26-18)29-19(28-17)13-4-2-3-5-13/h6-9,11,13,23-24H,2-5,10H2,1H3,(H,25,31)(H,26,27,28,29)/b23-9?,30-16+. The normalized spacial score (nSPS) is 14.7. The highest BCUT2D eigenvalue weighted by Gasteiger charge is 2.23. The predicted octanol–water partition coefficient (Wildman–Crippen LogP) is 2.65. The number of H-pyrrole nitrogens is 1. The number of aromatic amines is 1. The van der Waals surface area contributed by atoms with E-state index in [0.717, 1.165) is 24.9 Å². The monoisotopic (exact) mass is 422 g/mol. The van der Waals surface area contributed by atoms with Crippen molar-refractivity contribution in [3.63, 3.8) is 0 Å². The minimum atomic E-state index is -0.480. The fourth-order valence-corrected chi connectivity index (χ4v) is 3.88. The number of carbonyl (C=O) groups excluding carboxylic acids is 1. The van der Waals surface area contributed by atoms with Crippen molar-refractivity contribution in [3.8, 4) is 0 Å². The van der Waals surface area contributed by atoms with Crippen molar-refractivity contribution in [2.75, 3.05) is 7.05 Å². The molecule has 4 rings (SSSR count). The van der Waals surface area contributed by atoms with E-state index >= 15 is 0 Å². The lowest BCUT2D eigenvalue weighted by Gasteiger charge is -2.08. The zero-order valence-corrected chi connectivity index (χ0v) is 17.1. The van der Waals surface area contributed by atoms with Crippen LogP contribution in [0.3, 0.4) is 0 Å². The number of benzene rings is 1. The third-order valence-electron chi connectivity index (χ3n) is 5.34. The third kappa shape index (κ3) is 4.42. The first-order valence-corrected chi connectivity index (χ1v) is 10.1. The van der Waals surface area contributed by atoms with Gasteiger partial charge in [-0.3, -0.25) is 4.79 Å². The Morgan fingerprint density at radius 1 is 1.32 bits per heavy atom. The first-order valence-electron chi connectivity index (χ1n) is 10.1. The number of hydrogen-bond donors (Lipinski definition) is 4. The van der Waals surface area contributed by atoms with E-state index in [2.05, 4.69) is 35.8 Å². The summed E-state index contributed by atoms with van der Waals surface area (Å²) in [5.74, 6) is 0.320. The van der Waals surface area contributed by atoms with E-state index in [9.17, 15) is 9.18 Å². The molecule has 9 nitrogen and oxygen atoms in total. The molecule has 3 aromatic rings. The van der Waals surface area contributed by atoms with Crippen LogP contribution in [-0.4, -0.2) is 44.8 Å². The average molecular weight is 422 g/mol. The van der Waals surface area contributed by atoms with Crippen LogP contribution in [-0.2, 0) is 6.54 Å². The summed E-state index contributed by atoms with van der Waals surface area (Å²) in [6.07, 6.45) is 6.85. The zero-order valence-electron chi connectivity index (χ0n) is 17.1. The Hall–Kier alpha value is -3.69. The molecule has 160 valence electrons. The molecule has 2 heterocycles. The molecule has 0 radical (unpaired) electrons. The first-order chi connectivity index (χ1) is 15.1. The topological polar surface area (TPSA) is 132 Å². The maximum Gasteiger partial charge on any atom is 0.272 e. The van der Waals surface area contributed by atoms with E-state index in [1.165, 1.54) is 31.3 Å². The van der Waals surface area contributed by atoms with Crippen molar-refractivity contribution in [1.82, 2.24) is 30.7 Å². The molecule has 1 aliphatic carbocycles. The van der Waals surface area contributed by atoms with E-state index in [0.29, 0.717) is 28.2 Å². The fourth-order valence-electron chi connectivity index (χ4n) is 3.88. The van der Waals surface area contributed by atoms with E-state index in [1.54, 1.807) is 13.1 Å². The van der Waals surface area contributed by atoms with Gasteiger partial charge < -0.3 is 21.1 Å². The number of rotatable bonds is 7. The maximum absolute atomic E-state index is 14.1. The zero-order chi connectivity index (χ0) is 21.8. The fraction of sp³-hybridized carbons (Fsp3) is 0.333. The van der Waals surface area contributed by atoms with E-state index in [1.807, 2.05) is 0 Å². The number of carbonyl (C=O) groups is 1. The second-order valence-corrected chi connectivity index (χ2v) is 7.42. The number of imidazole rings is 1. The van der Waals surface area contributed by atoms with Gasteiger partial charge >= 0.3 is 0 Å². The van der Waals surface area contributed by atoms with Gasteiger partial charge in [-0.15, -0.1) is 0 Å². The quantitative estimate of drug-likeness (QED) is 0.343. The van der Waals surface area contributed by atoms with Gasteiger partial charge in [0.25, 0.3) is 5.91 Å². The Bertz CT molecular complexity index is 1150. The molecule has 0 atom stereocenters. The molecule has 1 fully saturated rings. The molecule has 31 heavy (non-hydrogen) atoms. The molecule has 0 aliphatic heterocycles. The van der Waals surface area contributed by atoms with Gasteiger partial charge in [0.15, 0.2) is 11.3 Å². The van der Waals surface area contributed by atoms with Crippen molar-refractivity contribution in [2.24, 2.45) is 5.10 Å². The van der Waals surface area contributed by atoms with Gasteiger partial charge in [0.1, 0.15) is 29.2 Å². The van der Waals surface area contributed by atoms with Crippen molar-refractivity contribution >= 4 is 29.0 Å². The lowest BCUT2D eigenvalue weighted by molar-refractivity contribution is 0.0947. The summed E-state index contributed by atoms with van der Waals surface area (Å²) in [6.45, 7) is 0.0868. The minimum Gasteiger partial charge on any atom is -0.347 e. The predicted molar refractivity (Wildman–Crippen MR) is 115 cm³/mol. The van der Waals surface area contributed by atoms with E-state index < -0.39 is 11.7 Å². The largest absolute Gasteiger partial charge is 0.347 e. The summed E-state index contributed by atoms with van der Waals surface area (Å²) >= 11 is 0. The van der Waals surface area contributed by atoms with Crippen molar-refractivity contribution < 1.29 is 9.18 Å². The average Bonchev–Trinajstić information content (AvgIpc) is 3.44. The summed E-state index contributed by atoms with van der Waals surface area (Å²) in [6, 6.07) is 4.29. The van der Waals surface area contributed by atoms with Crippen LogP contribution >= 0.6 is 0 Å². The molecule has 1 aromatic carbocycles. The molecule has 0 bridgehead atoms. The lowest BCUT2D eigenvalue weighted by atomic mass is 10.1. The van der Waals surface area contributed by atoms with Crippen LogP contribution in [0.25, 0.3) is 11.2 Å². The Morgan fingerprint density at radius 3 is 2.87 bits per heavy atom. The highest BCUT2D eigenvalue weighted by molar-refractivity contribution is 6.37. The van der Waals surface area contributed by atoms with Crippen molar-refractivity contribution in [2.45, 2.75) is 38.1 Å². The van der Waals surface area contributed by atoms with Crippen LogP contribution in [0.1, 0.15) is 59.0 Å². The number of aromatic nitrogens is 4. The molecule has 0 saturated heterocycles. The SMILES string of the molecule is CN/N=C(\C=N)c1cc(F)cc(CNC(=O)c2ncnc3nc(C4CCCC4)[nH]c23)c1. The summed E-state index contributed by atoms with van der Waals surface area (Å²) in [5, 5.41) is 14.2. The number of amides is 1. The van der Waals surface area contributed by atoms with Crippen LogP contribution in [0.4, 0.5) is 4.39 Å². The van der Waals surface area contributed by atoms with Crippen LogP contribution in [0.2, 0.25) is 0 Å². The molecule has 1 amide bonds. The number of hydrazone groups is 1. The summed E-state index contributed by atoms with van der Waals surface area (Å²) in [5.41, 5.74) is 5.02.